The first-order chi connectivity index (χ1) is 17.4. The number of aliphatic hydroxyl groups is 1. The number of halogens is 1. The normalized spacial score (nSPS) is 33.2. The number of aliphatic hydroxyl groups excluding tert-OH is 1. The van der Waals surface area contributed by atoms with Crippen LogP contribution in [0.15, 0.2) is 24.3 Å². The third-order valence-corrected chi connectivity index (χ3v) is 9.88. The Labute approximate surface area is 213 Å². The number of urea groups is 1. The Morgan fingerprint density at radius 2 is 1.92 bits per heavy atom. The van der Waals surface area contributed by atoms with Crippen LogP contribution < -0.4 is 5.32 Å². The summed E-state index contributed by atoms with van der Waals surface area (Å²) in [5, 5.41) is 13.2. The van der Waals surface area contributed by atoms with Crippen molar-refractivity contribution in [1.29, 1.82) is 0 Å². The molecule has 5 unspecified atom stereocenters. The van der Waals surface area contributed by atoms with Gasteiger partial charge in [0.1, 0.15) is 5.82 Å². The molecule has 2 saturated heterocycles. The molecule has 4 aliphatic rings. The third-order valence-electron chi connectivity index (χ3n) is 9.88. The summed E-state index contributed by atoms with van der Waals surface area (Å²) in [5.74, 6) is 1.52. The van der Waals surface area contributed by atoms with Crippen LogP contribution in [0.25, 0.3) is 0 Å². The van der Waals surface area contributed by atoms with Crippen LogP contribution in [0.3, 0.4) is 0 Å². The summed E-state index contributed by atoms with van der Waals surface area (Å²) in [5.41, 5.74) is 0.134. The molecule has 1 spiro atoms. The second-order valence-corrected chi connectivity index (χ2v) is 11.4. The zero-order valence-corrected chi connectivity index (χ0v) is 21.5. The second-order valence-electron chi connectivity index (χ2n) is 11.4. The fraction of sp³-hybridized carbons (Fsp3) is 0.714. The van der Waals surface area contributed by atoms with Crippen molar-refractivity contribution in [2.75, 3.05) is 38.7 Å². The number of nitrogens with zero attached hydrogens (tertiary/aromatic N) is 2. The minimum Gasteiger partial charge on any atom is -0.394 e. The average molecular weight is 502 g/mol. The first kappa shape index (κ1) is 25.5. The summed E-state index contributed by atoms with van der Waals surface area (Å²) in [7, 11) is 1.80. The lowest BCUT2D eigenvalue weighted by atomic mass is 9.57. The van der Waals surface area contributed by atoms with Gasteiger partial charge >= 0.3 is 6.03 Å². The molecule has 8 heteroatoms. The number of likely N-dealkylation sites (tertiary alicyclic amines) is 2. The molecule has 1 aromatic rings. The minimum atomic E-state index is -0.443. The van der Waals surface area contributed by atoms with E-state index < -0.39 is 5.82 Å². The van der Waals surface area contributed by atoms with Gasteiger partial charge < -0.3 is 25.0 Å². The molecule has 2 N–H and O–H groups in total. The SMILES string of the molecule is CCC(=O)N1CC2(CCN(C(=O)Nc3ccccc3F)CC2)C2C3CCC(OC)CC3CC2[C@@H]1CO. The largest absolute Gasteiger partial charge is 0.394 e. The number of fused-ring (bicyclic) bond motifs is 4. The molecule has 36 heavy (non-hydrogen) atoms. The Kier molecular flexibility index (Phi) is 7.27. The topological polar surface area (TPSA) is 82.1 Å². The van der Waals surface area contributed by atoms with Crippen LogP contribution in [-0.4, -0.2) is 72.3 Å². The van der Waals surface area contributed by atoms with E-state index in [1.807, 2.05) is 11.8 Å². The first-order valence-corrected chi connectivity index (χ1v) is 13.6. The van der Waals surface area contributed by atoms with Crippen molar-refractivity contribution in [2.24, 2.45) is 29.1 Å². The van der Waals surface area contributed by atoms with E-state index in [0.717, 1.165) is 38.5 Å². The maximum Gasteiger partial charge on any atom is 0.321 e. The van der Waals surface area contributed by atoms with Gasteiger partial charge in [-0.15, -0.1) is 0 Å². The quantitative estimate of drug-likeness (QED) is 0.650. The molecule has 5 rings (SSSR count). The number of amides is 3. The predicted molar refractivity (Wildman–Crippen MR) is 135 cm³/mol. The van der Waals surface area contributed by atoms with Gasteiger partial charge in [0.15, 0.2) is 0 Å². The second kappa shape index (κ2) is 10.3. The summed E-state index contributed by atoms with van der Waals surface area (Å²) >= 11 is 0. The number of methoxy groups -OCH3 is 1. The number of hydrogen-bond donors (Lipinski definition) is 2. The van der Waals surface area contributed by atoms with Gasteiger partial charge in [-0.1, -0.05) is 19.1 Å². The van der Waals surface area contributed by atoms with Crippen LogP contribution >= 0.6 is 0 Å². The molecule has 2 aliphatic heterocycles. The van der Waals surface area contributed by atoms with Gasteiger partial charge in [0.2, 0.25) is 5.91 Å². The lowest BCUT2D eigenvalue weighted by Crippen LogP contribution is -2.63. The van der Waals surface area contributed by atoms with Gasteiger partial charge in [0.05, 0.1) is 24.4 Å². The summed E-state index contributed by atoms with van der Waals surface area (Å²) in [4.78, 5) is 29.8. The fourth-order valence-corrected chi connectivity index (χ4v) is 8.23. The zero-order valence-electron chi connectivity index (χ0n) is 21.5. The number of nitrogens with one attached hydrogen (secondary N) is 1. The first-order valence-electron chi connectivity index (χ1n) is 13.6. The summed E-state index contributed by atoms with van der Waals surface area (Å²) in [6, 6.07) is 5.83. The summed E-state index contributed by atoms with van der Waals surface area (Å²) in [6.07, 6.45) is 6.66. The lowest BCUT2D eigenvalue weighted by molar-refractivity contribution is -0.153. The molecule has 0 radical (unpaired) electrons. The number of piperidine rings is 2. The maximum absolute atomic E-state index is 14.1. The number of ether oxygens (including phenoxy) is 1. The molecule has 6 atom stereocenters. The van der Waals surface area contributed by atoms with Crippen molar-refractivity contribution in [1.82, 2.24) is 9.80 Å². The Morgan fingerprint density at radius 1 is 1.17 bits per heavy atom. The van der Waals surface area contributed by atoms with Crippen molar-refractivity contribution in [3.05, 3.63) is 30.1 Å². The highest BCUT2D eigenvalue weighted by Gasteiger charge is 2.61. The van der Waals surface area contributed by atoms with E-state index in [-0.39, 0.29) is 41.6 Å². The fourth-order valence-electron chi connectivity index (χ4n) is 8.23. The van der Waals surface area contributed by atoms with Gasteiger partial charge in [-0.3, -0.25) is 4.79 Å². The Hall–Kier alpha value is -2.19. The van der Waals surface area contributed by atoms with Crippen molar-refractivity contribution >= 4 is 17.6 Å². The number of para-hydroxylation sites is 1. The number of anilines is 1. The van der Waals surface area contributed by atoms with Crippen LogP contribution in [0.2, 0.25) is 0 Å². The number of rotatable bonds is 4. The van der Waals surface area contributed by atoms with Crippen LogP contribution in [0.4, 0.5) is 14.9 Å². The van der Waals surface area contributed by atoms with Crippen LogP contribution in [-0.2, 0) is 9.53 Å². The predicted octanol–water partition coefficient (Wildman–Crippen LogP) is 4.12. The number of carbonyl (C=O) groups excluding carboxylic acids is 2. The molecule has 0 bridgehead atoms. The molecule has 2 aliphatic carbocycles. The van der Waals surface area contributed by atoms with Gasteiger partial charge in [0.25, 0.3) is 0 Å². The summed E-state index contributed by atoms with van der Waals surface area (Å²) in [6.45, 7) is 3.72. The highest BCUT2D eigenvalue weighted by atomic mass is 19.1. The van der Waals surface area contributed by atoms with Crippen LogP contribution in [0.5, 0.6) is 0 Å². The van der Waals surface area contributed by atoms with E-state index in [9.17, 15) is 19.1 Å². The highest BCUT2D eigenvalue weighted by molar-refractivity contribution is 5.89. The number of benzene rings is 1. The van der Waals surface area contributed by atoms with Crippen molar-refractivity contribution in [2.45, 2.75) is 64.0 Å². The molecule has 198 valence electrons. The molecule has 0 aromatic heterocycles. The monoisotopic (exact) mass is 501 g/mol. The smallest absolute Gasteiger partial charge is 0.321 e. The molecular formula is C28H40FN3O4. The van der Waals surface area contributed by atoms with Crippen LogP contribution in [0.1, 0.15) is 51.9 Å². The van der Waals surface area contributed by atoms with Crippen molar-refractivity contribution < 1.29 is 23.8 Å². The average Bonchev–Trinajstić information content (AvgIpc) is 3.29. The number of hydrogen-bond acceptors (Lipinski definition) is 4. The molecule has 7 nitrogen and oxygen atoms in total. The molecule has 3 amide bonds. The lowest BCUT2D eigenvalue weighted by Gasteiger charge is -2.58. The van der Waals surface area contributed by atoms with E-state index in [1.54, 1.807) is 30.2 Å². The zero-order chi connectivity index (χ0) is 25.4. The molecule has 1 aromatic carbocycles. The Balaban J connectivity index is 1.37. The standard InChI is InChI=1S/C28H40FN3O4/c1-3-25(34)32-17-28(10-12-31(13-11-28)27(35)30-23-7-5-4-6-22(23)29)26-20-9-8-19(36-2)14-18(20)15-21(26)24(32)16-33/h4-7,18-21,24,26,33H,3,8-17H2,1-2H3,(H,30,35)/t18?,19?,20?,21?,24-,26?/m0/s1. The highest BCUT2D eigenvalue weighted by Crippen LogP contribution is 2.62. The van der Waals surface area contributed by atoms with Crippen molar-refractivity contribution in [3.63, 3.8) is 0 Å². The summed E-state index contributed by atoms with van der Waals surface area (Å²) < 4.78 is 19.8. The van der Waals surface area contributed by atoms with Gasteiger partial charge in [-0.2, -0.15) is 0 Å². The number of carbonyl (C=O) groups is 2. The van der Waals surface area contributed by atoms with Crippen LogP contribution in [0, 0.1) is 34.9 Å². The van der Waals surface area contributed by atoms with E-state index >= 15 is 0 Å². The van der Waals surface area contributed by atoms with Gasteiger partial charge in [-0.05, 0) is 79.7 Å². The minimum absolute atomic E-state index is 0.00725. The van der Waals surface area contributed by atoms with Crippen molar-refractivity contribution in [3.8, 4) is 0 Å². The van der Waals surface area contributed by atoms with Gasteiger partial charge in [-0.25, -0.2) is 9.18 Å². The molecule has 2 heterocycles. The van der Waals surface area contributed by atoms with E-state index in [2.05, 4.69) is 5.32 Å². The molecule has 4 fully saturated rings. The van der Waals surface area contributed by atoms with Gasteiger partial charge in [0, 0.05) is 33.2 Å². The molecular weight excluding hydrogens is 461 g/mol. The van der Waals surface area contributed by atoms with E-state index in [4.69, 9.17) is 4.74 Å². The Morgan fingerprint density at radius 3 is 2.58 bits per heavy atom. The van der Waals surface area contributed by atoms with E-state index in [1.165, 1.54) is 6.07 Å². The third kappa shape index (κ3) is 4.40. The molecule has 2 saturated carbocycles. The maximum atomic E-state index is 14.1. The Bertz CT molecular complexity index is 966. The van der Waals surface area contributed by atoms with E-state index in [0.29, 0.717) is 49.9 Å².